The Balaban J connectivity index is 1.48. The van der Waals surface area contributed by atoms with E-state index in [1.54, 1.807) is 46.8 Å². The van der Waals surface area contributed by atoms with Crippen LogP contribution in [0, 0.1) is 5.92 Å². The Morgan fingerprint density at radius 2 is 1.91 bits per heavy atom. The first-order chi connectivity index (χ1) is 15.4. The first-order valence-corrected chi connectivity index (χ1v) is 11.3. The number of pyridine rings is 1. The molecule has 0 atom stereocenters. The topological polar surface area (TPSA) is 122 Å². The number of anilines is 1. The normalized spacial score (nSPS) is 15.8. The molecule has 0 aromatic carbocycles. The highest BCUT2D eigenvalue weighted by Crippen LogP contribution is 2.22. The maximum atomic E-state index is 12.5. The van der Waals surface area contributed by atoms with Crippen molar-refractivity contribution in [2.24, 2.45) is 5.92 Å². The Morgan fingerprint density at radius 1 is 1.21 bits per heavy atom. The molecule has 0 aliphatic carbocycles. The fourth-order valence-corrected chi connectivity index (χ4v) is 3.52. The smallest absolute Gasteiger partial charge is 0.408 e. The number of rotatable bonds is 6. The van der Waals surface area contributed by atoms with Crippen LogP contribution in [-0.2, 0) is 21.6 Å². The number of hydrogen-bond acceptors (Lipinski definition) is 8. The SMILES string of the molecule is CC(C)(C)OC(=O)NC(C)(C)c1noc(CN2CCC(C(=O)Nc3ccc(Cl)cn3)CC2)n1. The molecule has 1 saturated heterocycles. The summed E-state index contributed by atoms with van der Waals surface area (Å²) in [6, 6.07) is 3.37. The molecule has 33 heavy (non-hydrogen) atoms. The molecule has 11 heteroatoms. The highest BCUT2D eigenvalue weighted by molar-refractivity contribution is 6.30. The molecule has 10 nitrogen and oxygen atoms in total. The van der Waals surface area contributed by atoms with Crippen molar-refractivity contribution < 1.29 is 18.8 Å². The third-order valence-corrected chi connectivity index (χ3v) is 5.36. The van der Waals surface area contributed by atoms with Gasteiger partial charge in [-0.25, -0.2) is 9.78 Å². The van der Waals surface area contributed by atoms with Crippen LogP contribution < -0.4 is 10.6 Å². The summed E-state index contributed by atoms with van der Waals surface area (Å²) in [5.74, 6) is 1.19. The molecule has 0 unspecified atom stereocenters. The molecule has 3 heterocycles. The molecule has 1 aliphatic rings. The highest BCUT2D eigenvalue weighted by atomic mass is 35.5. The van der Waals surface area contributed by atoms with Gasteiger partial charge in [-0.3, -0.25) is 9.69 Å². The number of alkyl carbamates (subject to hydrolysis) is 1. The van der Waals surface area contributed by atoms with E-state index in [-0.39, 0.29) is 11.8 Å². The van der Waals surface area contributed by atoms with Gasteiger partial charge in [0.05, 0.1) is 11.6 Å². The second kappa shape index (κ2) is 10.0. The van der Waals surface area contributed by atoms with E-state index in [2.05, 4.69) is 30.7 Å². The Morgan fingerprint density at radius 3 is 2.52 bits per heavy atom. The van der Waals surface area contributed by atoms with Crippen LogP contribution in [0.25, 0.3) is 0 Å². The van der Waals surface area contributed by atoms with Crippen LogP contribution in [-0.4, -0.2) is 50.7 Å². The number of carbonyl (C=O) groups is 2. The fraction of sp³-hybridized carbons (Fsp3) is 0.591. The summed E-state index contributed by atoms with van der Waals surface area (Å²) in [6.45, 7) is 10.9. The molecule has 0 spiro atoms. The summed E-state index contributed by atoms with van der Waals surface area (Å²) in [6.07, 6.45) is 2.38. The number of likely N-dealkylation sites (tertiary alicyclic amines) is 1. The first kappa shape index (κ1) is 24.9. The minimum absolute atomic E-state index is 0.0421. The van der Waals surface area contributed by atoms with Gasteiger partial charge in [-0.1, -0.05) is 16.8 Å². The van der Waals surface area contributed by atoms with Crippen molar-refractivity contribution in [3.63, 3.8) is 0 Å². The van der Waals surface area contributed by atoms with Crippen molar-refractivity contribution in [2.45, 2.75) is 65.1 Å². The van der Waals surface area contributed by atoms with Gasteiger partial charge in [0, 0.05) is 12.1 Å². The average Bonchev–Trinajstić information content (AvgIpc) is 3.18. The Bertz CT molecular complexity index is 962. The van der Waals surface area contributed by atoms with Crippen LogP contribution in [0.4, 0.5) is 10.6 Å². The van der Waals surface area contributed by atoms with Crippen LogP contribution in [0.5, 0.6) is 0 Å². The van der Waals surface area contributed by atoms with Gasteiger partial charge in [0.1, 0.15) is 17.0 Å². The highest BCUT2D eigenvalue weighted by Gasteiger charge is 2.32. The number of amides is 2. The molecule has 1 aliphatic heterocycles. The Labute approximate surface area is 198 Å². The van der Waals surface area contributed by atoms with E-state index in [1.165, 1.54) is 6.20 Å². The van der Waals surface area contributed by atoms with Crippen molar-refractivity contribution in [3.8, 4) is 0 Å². The summed E-state index contributed by atoms with van der Waals surface area (Å²) in [5, 5.41) is 10.2. The molecular formula is C22H31ClN6O4. The summed E-state index contributed by atoms with van der Waals surface area (Å²) in [4.78, 5) is 35.4. The Kier molecular flexibility index (Phi) is 7.58. The van der Waals surface area contributed by atoms with Gasteiger partial charge in [-0.2, -0.15) is 4.98 Å². The van der Waals surface area contributed by atoms with E-state index in [9.17, 15) is 9.59 Å². The molecule has 2 amide bonds. The zero-order valence-electron chi connectivity index (χ0n) is 19.6. The third-order valence-electron chi connectivity index (χ3n) is 5.14. The summed E-state index contributed by atoms with van der Waals surface area (Å²) < 4.78 is 10.7. The molecule has 2 aromatic rings. The summed E-state index contributed by atoms with van der Waals surface area (Å²) >= 11 is 5.83. The van der Waals surface area contributed by atoms with Crippen LogP contribution >= 0.6 is 11.6 Å². The number of nitrogens with one attached hydrogen (secondary N) is 2. The zero-order valence-corrected chi connectivity index (χ0v) is 20.4. The van der Waals surface area contributed by atoms with Crippen molar-refractivity contribution in [1.82, 2.24) is 25.3 Å². The molecule has 0 radical (unpaired) electrons. The van der Waals surface area contributed by atoms with Crippen molar-refractivity contribution in [1.29, 1.82) is 0 Å². The third kappa shape index (κ3) is 7.40. The van der Waals surface area contributed by atoms with Crippen LogP contribution in [0.2, 0.25) is 5.02 Å². The molecule has 2 aromatic heterocycles. The number of piperidine rings is 1. The fourth-order valence-electron chi connectivity index (χ4n) is 3.41. The van der Waals surface area contributed by atoms with Crippen LogP contribution in [0.3, 0.4) is 0 Å². The average molecular weight is 479 g/mol. The van der Waals surface area contributed by atoms with Gasteiger partial charge in [-0.15, -0.1) is 0 Å². The van der Waals surface area contributed by atoms with E-state index >= 15 is 0 Å². The lowest BCUT2D eigenvalue weighted by atomic mass is 9.96. The van der Waals surface area contributed by atoms with Gasteiger partial charge in [0.2, 0.25) is 11.8 Å². The summed E-state index contributed by atoms with van der Waals surface area (Å²) in [5.41, 5.74) is -1.46. The van der Waals surface area contributed by atoms with E-state index in [4.69, 9.17) is 20.9 Å². The van der Waals surface area contributed by atoms with Crippen molar-refractivity contribution in [2.75, 3.05) is 18.4 Å². The predicted molar refractivity (Wildman–Crippen MR) is 123 cm³/mol. The maximum absolute atomic E-state index is 12.5. The zero-order chi connectivity index (χ0) is 24.2. The van der Waals surface area contributed by atoms with Crippen molar-refractivity contribution in [3.05, 3.63) is 35.1 Å². The number of halogens is 1. The lowest BCUT2D eigenvalue weighted by molar-refractivity contribution is -0.121. The number of ether oxygens (including phenoxy) is 1. The number of nitrogens with zero attached hydrogens (tertiary/aromatic N) is 4. The lowest BCUT2D eigenvalue weighted by Crippen LogP contribution is -2.44. The lowest BCUT2D eigenvalue weighted by Gasteiger charge is -2.30. The number of aromatic nitrogens is 3. The Hall–Kier alpha value is -2.72. The standard InChI is InChI=1S/C22H31ClN6O4/c1-21(2,3)32-20(31)27-22(4,5)19-26-17(33-28-19)13-29-10-8-14(9-11-29)18(30)25-16-7-6-15(23)12-24-16/h6-7,12,14H,8-11,13H2,1-5H3,(H,27,31)(H,24,25,30). The first-order valence-electron chi connectivity index (χ1n) is 10.9. The minimum atomic E-state index is -0.856. The molecular weight excluding hydrogens is 448 g/mol. The van der Waals surface area contributed by atoms with E-state index in [0.29, 0.717) is 41.9 Å². The van der Waals surface area contributed by atoms with E-state index in [1.807, 2.05) is 0 Å². The molecule has 1 fully saturated rings. The van der Waals surface area contributed by atoms with Crippen LogP contribution in [0.15, 0.2) is 22.9 Å². The minimum Gasteiger partial charge on any atom is -0.444 e. The predicted octanol–water partition coefficient (Wildman–Crippen LogP) is 3.73. The molecule has 0 bridgehead atoms. The largest absolute Gasteiger partial charge is 0.444 e. The van der Waals surface area contributed by atoms with Crippen molar-refractivity contribution >= 4 is 29.4 Å². The number of carbonyl (C=O) groups excluding carboxylic acids is 2. The quantitative estimate of drug-likeness (QED) is 0.643. The molecule has 3 rings (SSSR count). The van der Waals surface area contributed by atoms with Gasteiger partial charge in [0.15, 0.2) is 5.82 Å². The van der Waals surface area contributed by atoms with E-state index < -0.39 is 17.2 Å². The monoisotopic (exact) mass is 478 g/mol. The van der Waals surface area contributed by atoms with Gasteiger partial charge < -0.3 is 19.9 Å². The van der Waals surface area contributed by atoms with Crippen LogP contribution in [0.1, 0.15) is 59.2 Å². The molecule has 180 valence electrons. The number of hydrogen-bond donors (Lipinski definition) is 2. The van der Waals surface area contributed by atoms with Gasteiger partial charge in [-0.05, 0) is 72.7 Å². The van der Waals surface area contributed by atoms with Gasteiger partial charge >= 0.3 is 6.09 Å². The maximum Gasteiger partial charge on any atom is 0.408 e. The van der Waals surface area contributed by atoms with E-state index in [0.717, 1.165) is 13.1 Å². The molecule has 0 saturated carbocycles. The molecule has 2 N–H and O–H groups in total. The second-order valence-electron chi connectivity index (χ2n) is 9.66. The second-order valence-corrected chi connectivity index (χ2v) is 10.1. The summed E-state index contributed by atoms with van der Waals surface area (Å²) in [7, 11) is 0. The van der Waals surface area contributed by atoms with Gasteiger partial charge in [0.25, 0.3) is 0 Å².